The first-order valence-electron chi connectivity index (χ1n) is 7.40. The predicted octanol–water partition coefficient (Wildman–Crippen LogP) is 3.15. The summed E-state index contributed by atoms with van der Waals surface area (Å²) >= 11 is 0. The number of fused-ring (bicyclic) bond motifs is 2. The Hall–Kier alpha value is -0.370. The molecule has 2 saturated carbocycles. The van der Waals surface area contributed by atoms with Crippen LogP contribution in [-0.2, 0) is 4.79 Å². The minimum Gasteiger partial charge on any atom is -0.330 e. The number of Topliss-reactive ketones (excluding diaryl/α,β-unsaturated/α-hetero) is 1. The highest BCUT2D eigenvalue weighted by Gasteiger charge is 2.39. The Balaban J connectivity index is 1.64. The van der Waals surface area contributed by atoms with Crippen molar-refractivity contribution in [3.8, 4) is 0 Å². The Labute approximate surface area is 105 Å². The molecule has 2 N–H and O–H groups in total. The smallest absolute Gasteiger partial charge is 0.133 e. The summed E-state index contributed by atoms with van der Waals surface area (Å²) in [5.41, 5.74) is 5.52. The molecule has 0 heterocycles. The van der Waals surface area contributed by atoms with Crippen molar-refractivity contribution in [2.75, 3.05) is 6.54 Å². The molecule has 2 aliphatic rings. The molecule has 2 aliphatic carbocycles. The molecule has 0 radical (unpaired) electrons. The van der Waals surface area contributed by atoms with Gasteiger partial charge in [-0.15, -0.1) is 0 Å². The van der Waals surface area contributed by atoms with Crippen molar-refractivity contribution in [2.45, 2.75) is 58.3 Å². The highest BCUT2D eigenvalue weighted by molar-refractivity contribution is 5.78. The van der Waals surface area contributed by atoms with E-state index >= 15 is 0 Å². The maximum absolute atomic E-state index is 12.0. The topological polar surface area (TPSA) is 43.1 Å². The normalized spacial score (nSPS) is 32.9. The summed E-state index contributed by atoms with van der Waals surface area (Å²) in [6.07, 6.45) is 9.34. The average molecular weight is 237 g/mol. The second kappa shape index (κ2) is 5.99. The van der Waals surface area contributed by atoms with E-state index in [4.69, 9.17) is 5.73 Å². The van der Waals surface area contributed by atoms with Crippen molar-refractivity contribution in [1.29, 1.82) is 0 Å². The van der Waals surface area contributed by atoms with Gasteiger partial charge in [-0.2, -0.15) is 0 Å². The molecule has 0 amide bonds. The zero-order valence-electron chi connectivity index (χ0n) is 11.2. The molecule has 2 fully saturated rings. The van der Waals surface area contributed by atoms with E-state index in [2.05, 4.69) is 6.92 Å². The van der Waals surface area contributed by atoms with Crippen molar-refractivity contribution in [3.05, 3.63) is 0 Å². The third-order valence-electron chi connectivity index (χ3n) is 4.95. The molecule has 4 unspecified atom stereocenters. The summed E-state index contributed by atoms with van der Waals surface area (Å²) < 4.78 is 0. The Bertz CT molecular complexity index is 264. The summed E-state index contributed by atoms with van der Waals surface area (Å²) in [5.74, 6) is 3.72. The second-order valence-corrected chi connectivity index (χ2v) is 6.40. The lowest BCUT2D eigenvalue weighted by molar-refractivity contribution is -0.120. The van der Waals surface area contributed by atoms with E-state index < -0.39 is 0 Å². The van der Waals surface area contributed by atoms with E-state index in [0.717, 1.165) is 50.0 Å². The lowest BCUT2D eigenvalue weighted by Gasteiger charge is -2.21. The van der Waals surface area contributed by atoms with Gasteiger partial charge in [0.15, 0.2) is 0 Å². The van der Waals surface area contributed by atoms with Crippen molar-refractivity contribution in [2.24, 2.45) is 29.4 Å². The maximum atomic E-state index is 12.0. The van der Waals surface area contributed by atoms with Crippen LogP contribution in [0.15, 0.2) is 0 Å². The van der Waals surface area contributed by atoms with E-state index in [9.17, 15) is 4.79 Å². The molecule has 0 saturated heterocycles. The fourth-order valence-corrected chi connectivity index (χ4v) is 3.86. The van der Waals surface area contributed by atoms with Crippen molar-refractivity contribution in [1.82, 2.24) is 0 Å². The number of nitrogens with two attached hydrogens (primary N) is 1. The summed E-state index contributed by atoms with van der Waals surface area (Å²) in [6.45, 7) is 2.96. The van der Waals surface area contributed by atoms with Gasteiger partial charge in [-0.05, 0) is 62.3 Å². The van der Waals surface area contributed by atoms with Crippen LogP contribution in [0.3, 0.4) is 0 Å². The third-order valence-corrected chi connectivity index (χ3v) is 4.95. The highest BCUT2D eigenvalue weighted by atomic mass is 16.1. The van der Waals surface area contributed by atoms with E-state index in [-0.39, 0.29) is 0 Å². The number of carbonyl (C=O) groups is 1. The Morgan fingerprint density at radius 1 is 1.29 bits per heavy atom. The van der Waals surface area contributed by atoms with Crippen LogP contribution in [0, 0.1) is 23.7 Å². The molecule has 4 atom stereocenters. The van der Waals surface area contributed by atoms with Gasteiger partial charge in [0.1, 0.15) is 5.78 Å². The summed E-state index contributed by atoms with van der Waals surface area (Å²) in [6, 6.07) is 0. The number of rotatable bonds is 7. The van der Waals surface area contributed by atoms with E-state index in [0.29, 0.717) is 11.7 Å². The molecule has 0 aliphatic heterocycles. The fraction of sp³-hybridized carbons (Fsp3) is 0.933. The van der Waals surface area contributed by atoms with Gasteiger partial charge in [-0.3, -0.25) is 4.79 Å². The number of hydrogen-bond donors (Lipinski definition) is 1. The van der Waals surface area contributed by atoms with E-state index in [1.165, 1.54) is 25.7 Å². The molecule has 2 rings (SSSR count). The van der Waals surface area contributed by atoms with Crippen LogP contribution in [0.2, 0.25) is 0 Å². The van der Waals surface area contributed by atoms with E-state index in [1.807, 2.05) is 0 Å². The maximum Gasteiger partial charge on any atom is 0.133 e. The summed E-state index contributed by atoms with van der Waals surface area (Å²) in [7, 11) is 0. The quantitative estimate of drug-likeness (QED) is 0.739. The van der Waals surface area contributed by atoms with E-state index in [1.54, 1.807) is 0 Å². The first-order chi connectivity index (χ1) is 8.19. The Morgan fingerprint density at radius 2 is 2.12 bits per heavy atom. The van der Waals surface area contributed by atoms with Gasteiger partial charge in [0.25, 0.3) is 0 Å². The molecule has 0 aromatic carbocycles. The molecule has 2 heteroatoms. The Kier molecular flexibility index (Phi) is 4.61. The van der Waals surface area contributed by atoms with Crippen LogP contribution < -0.4 is 5.73 Å². The molecule has 2 bridgehead atoms. The third kappa shape index (κ3) is 3.54. The number of ketones is 1. The molecule has 0 spiro atoms. The fourth-order valence-electron chi connectivity index (χ4n) is 3.86. The molecule has 98 valence electrons. The van der Waals surface area contributed by atoms with Crippen molar-refractivity contribution < 1.29 is 4.79 Å². The number of carbonyl (C=O) groups excluding carboxylic acids is 1. The first kappa shape index (κ1) is 13.1. The van der Waals surface area contributed by atoms with Crippen molar-refractivity contribution >= 4 is 5.78 Å². The van der Waals surface area contributed by atoms with Gasteiger partial charge in [-0.1, -0.05) is 13.3 Å². The molecule has 0 aromatic rings. The monoisotopic (exact) mass is 237 g/mol. The molecule has 0 aromatic heterocycles. The van der Waals surface area contributed by atoms with Crippen LogP contribution in [-0.4, -0.2) is 12.3 Å². The standard InChI is InChI=1S/C15H27NO/c1-11(6-7-16)2-5-15(17)10-14-9-12-3-4-13(14)8-12/h11-14H,2-10,16H2,1H3. The van der Waals surface area contributed by atoms with Gasteiger partial charge < -0.3 is 5.73 Å². The Morgan fingerprint density at radius 3 is 2.71 bits per heavy atom. The molecular weight excluding hydrogens is 210 g/mol. The SMILES string of the molecule is CC(CCN)CCC(=O)CC1CC2CCC1C2. The average Bonchev–Trinajstić information content (AvgIpc) is 2.88. The van der Waals surface area contributed by atoms with Crippen LogP contribution in [0.5, 0.6) is 0 Å². The zero-order valence-corrected chi connectivity index (χ0v) is 11.2. The van der Waals surface area contributed by atoms with Gasteiger partial charge >= 0.3 is 0 Å². The van der Waals surface area contributed by atoms with Crippen molar-refractivity contribution in [3.63, 3.8) is 0 Å². The number of hydrogen-bond acceptors (Lipinski definition) is 2. The first-order valence-corrected chi connectivity index (χ1v) is 7.40. The van der Waals surface area contributed by atoms with Crippen LogP contribution in [0.1, 0.15) is 58.3 Å². The lowest BCUT2D eigenvalue weighted by Crippen LogP contribution is -2.16. The van der Waals surface area contributed by atoms with Gasteiger partial charge in [0, 0.05) is 12.8 Å². The lowest BCUT2D eigenvalue weighted by atomic mass is 9.84. The highest BCUT2D eigenvalue weighted by Crippen LogP contribution is 2.49. The van der Waals surface area contributed by atoms with Crippen LogP contribution in [0.4, 0.5) is 0 Å². The summed E-state index contributed by atoms with van der Waals surface area (Å²) in [4.78, 5) is 12.0. The summed E-state index contributed by atoms with van der Waals surface area (Å²) in [5, 5.41) is 0. The largest absolute Gasteiger partial charge is 0.330 e. The molecule has 17 heavy (non-hydrogen) atoms. The van der Waals surface area contributed by atoms with Gasteiger partial charge in [-0.25, -0.2) is 0 Å². The minimum absolute atomic E-state index is 0.506. The van der Waals surface area contributed by atoms with Gasteiger partial charge in [0.05, 0.1) is 0 Å². The molecule has 2 nitrogen and oxygen atoms in total. The van der Waals surface area contributed by atoms with Gasteiger partial charge in [0.2, 0.25) is 0 Å². The molecular formula is C15H27NO. The van der Waals surface area contributed by atoms with Crippen LogP contribution >= 0.6 is 0 Å². The van der Waals surface area contributed by atoms with Crippen LogP contribution in [0.25, 0.3) is 0 Å². The zero-order chi connectivity index (χ0) is 12.3. The minimum atomic E-state index is 0.506. The second-order valence-electron chi connectivity index (χ2n) is 6.40. The predicted molar refractivity (Wildman–Crippen MR) is 70.6 cm³/mol.